The number of rotatable bonds is 4. The van der Waals surface area contributed by atoms with Crippen LogP contribution in [0.4, 0.5) is 5.82 Å². The Morgan fingerprint density at radius 1 is 1.21 bits per heavy atom. The number of amides is 1. The van der Waals surface area contributed by atoms with E-state index in [2.05, 4.69) is 15.5 Å². The minimum Gasteiger partial charge on any atom is -0.476 e. The lowest BCUT2D eigenvalue weighted by molar-refractivity contribution is -0.130. The lowest BCUT2D eigenvalue weighted by Crippen LogP contribution is -2.39. The van der Waals surface area contributed by atoms with Crippen molar-refractivity contribution in [3.05, 3.63) is 17.8 Å². The molecular weight excluding hydrogens is 248 g/mol. The van der Waals surface area contributed by atoms with E-state index in [1.165, 1.54) is 18.6 Å². The van der Waals surface area contributed by atoms with Crippen LogP contribution in [-0.2, 0) is 4.79 Å². The lowest BCUT2D eigenvalue weighted by Gasteiger charge is -2.26. The van der Waals surface area contributed by atoms with Crippen LogP contribution in [0.2, 0.25) is 0 Å². The van der Waals surface area contributed by atoms with Gasteiger partial charge in [-0.15, -0.1) is 10.2 Å². The molecule has 1 amide bonds. The molecule has 0 bridgehead atoms. The number of carbonyl (C=O) groups excluding carboxylic acids is 1. The van der Waals surface area contributed by atoms with E-state index in [1.807, 2.05) is 4.90 Å². The van der Waals surface area contributed by atoms with Gasteiger partial charge in [0.25, 0.3) is 0 Å². The molecule has 1 saturated heterocycles. The van der Waals surface area contributed by atoms with Gasteiger partial charge in [-0.3, -0.25) is 4.79 Å². The number of nitrogens with zero attached hydrogens (tertiary/aromatic N) is 3. The molecule has 19 heavy (non-hydrogen) atoms. The summed E-state index contributed by atoms with van der Waals surface area (Å²) >= 11 is 0. The fourth-order valence-electron chi connectivity index (χ4n) is 1.96. The van der Waals surface area contributed by atoms with E-state index in [9.17, 15) is 9.59 Å². The number of aromatic nitrogens is 2. The number of carboxylic acid groups (broad SMARTS) is 1. The molecule has 1 aliphatic heterocycles. The van der Waals surface area contributed by atoms with Crippen LogP contribution in [0.3, 0.4) is 0 Å². The second-order valence-electron chi connectivity index (χ2n) is 4.40. The Labute approximate surface area is 110 Å². The van der Waals surface area contributed by atoms with Gasteiger partial charge in [0, 0.05) is 13.1 Å². The van der Waals surface area contributed by atoms with Gasteiger partial charge in [0.05, 0.1) is 6.54 Å². The van der Waals surface area contributed by atoms with Crippen molar-refractivity contribution in [2.24, 2.45) is 0 Å². The fourth-order valence-corrected chi connectivity index (χ4v) is 1.96. The molecule has 7 nitrogen and oxygen atoms in total. The molecule has 0 spiro atoms. The molecule has 0 radical (unpaired) electrons. The summed E-state index contributed by atoms with van der Waals surface area (Å²) in [5.74, 6) is -0.692. The largest absolute Gasteiger partial charge is 0.476 e. The van der Waals surface area contributed by atoms with Crippen molar-refractivity contribution in [1.82, 2.24) is 15.1 Å². The van der Waals surface area contributed by atoms with Crippen LogP contribution in [0, 0.1) is 0 Å². The number of carbonyl (C=O) groups is 2. The van der Waals surface area contributed by atoms with E-state index in [0.29, 0.717) is 5.82 Å². The average molecular weight is 264 g/mol. The Morgan fingerprint density at radius 2 is 1.95 bits per heavy atom. The summed E-state index contributed by atoms with van der Waals surface area (Å²) < 4.78 is 0. The van der Waals surface area contributed by atoms with Crippen molar-refractivity contribution >= 4 is 17.7 Å². The first-order chi connectivity index (χ1) is 9.16. The van der Waals surface area contributed by atoms with Crippen LogP contribution in [0.25, 0.3) is 0 Å². The first-order valence-electron chi connectivity index (χ1n) is 6.25. The zero-order chi connectivity index (χ0) is 13.7. The maximum absolute atomic E-state index is 11.9. The molecule has 1 aromatic rings. The third-order valence-corrected chi connectivity index (χ3v) is 3.01. The van der Waals surface area contributed by atoms with Crippen LogP contribution < -0.4 is 5.32 Å². The third kappa shape index (κ3) is 3.64. The van der Waals surface area contributed by atoms with Gasteiger partial charge >= 0.3 is 5.97 Å². The fraction of sp³-hybridized carbons (Fsp3) is 0.500. The number of nitrogens with one attached hydrogen (secondary N) is 1. The average Bonchev–Trinajstić information content (AvgIpc) is 2.46. The van der Waals surface area contributed by atoms with Gasteiger partial charge in [0.1, 0.15) is 5.82 Å². The maximum Gasteiger partial charge on any atom is 0.356 e. The van der Waals surface area contributed by atoms with Crippen LogP contribution in [-0.4, -0.2) is 51.7 Å². The third-order valence-electron chi connectivity index (χ3n) is 3.01. The van der Waals surface area contributed by atoms with Gasteiger partial charge in [-0.2, -0.15) is 0 Å². The first-order valence-corrected chi connectivity index (χ1v) is 6.25. The Balaban J connectivity index is 1.84. The SMILES string of the molecule is O=C(O)c1ccc(NCC(=O)N2CCCCC2)nn1. The first kappa shape index (κ1) is 13.3. The number of carboxylic acids is 1. The highest BCUT2D eigenvalue weighted by Crippen LogP contribution is 2.09. The second kappa shape index (κ2) is 6.12. The standard InChI is InChI=1S/C12H16N4O3/c17-11(16-6-2-1-3-7-16)8-13-10-5-4-9(12(18)19)14-15-10/h4-5H,1-3,6-8H2,(H,13,15)(H,18,19). The number of piperidine rings is 1. The molecule has 1 aromatic heterocycles. The zero-order valence-corrected chi connectivity index (χ0v) is 10.5. The van der Waals surface area contributed by atoms with Crippen molar-refractivity contribution in [1.29, 1.82) is 0 Å². The van der Waals surface area contributed by atoms with Crippen molar-refractivity contribution in [3.63, 3.8) is 0 Å². The summed E-state index contributed by atoms with van der Waals surface area (Å²) in [6.07, 6.45) is 3.29. The predicted octanol–water partition coefficient (Wildman–Crippen LogP) is 0.599. The van der Waals surface area contributed by atoms with Crippen LogP contribution in [0.1, 0.15) is 29.8 Å². The minimum absolute atomic E-state index is 0.0313. The van der Waals surface area contributed by atoms with Crippen molar-refractivity contribution in [2.75, 3.05) is 25.0 Å². The van der Waals surface area contributed by atoms with Gasteiger partial charge in [0.15, 0.2) is 5.69 Å². The van der Waals surface area contributed by atoms with Gasteiger partial charge in [-0.05, 0) is 31.4 Å². The Hall–Kier alpha value is -2.18. The molecule has 102 valence electrons. The predicted molar refractivity (Wildman–Crippen MR) is 67.9 cm³/mol. The van der Waals surface area contributed by atoms with E-state index < -0.39 is 5.97 Å². The molecule has 0 aliphatic carbocycles. The summed E-state index contributed by atoms with van der Waals surface area (Å²) in [6, 6.07) is 2.85. The molecule has 7 heteroatoms. The number of hydrogen-bond acceptors (Lipinski definition) is 5. The van der Waals surface area contributed by atoms with Gasteiger partial charge in [-0.1, -0.05) is 0 Å². The topological polar surface area (TPSA) is 95.4 Å². The monoisotopic (exact) mass is 264 g/mol. The summed E-state index contributed by atoms with van der Waals surface area (Å²) in [6.45, 7) is 1.77. The van der Waals surface area contributed by atoms with Crippen LogP contribution >= 0.6 is 0 Å². The van der Waals surface area contributed by atoms with Gasteiger partial charge < -0.3 is 15.3 Å². The highest BCUT2D eigenvalue weighted by Gasteiger charge is 2.16. The van der Waals surface area contributed by atoms with E-state index in [4.69, 9.17) is 5.11 Å². The van der Waals surface area contributed by atoms with Crippen LogP contribution in [0.15, 0.2) is 12.1 Å². The number of likely N-dealkylation sites (tertiary alicyclic amines) is 1. The van der Waals surface area contributed by atoms with E-state index in [0.717, 1.165) is 25.9 Å². The Bertz CT molecular complexity index is 455. The molecule has 2 heterocycles. The number of aromatic carboxylic acids is 1. The van der Waals surface area contributed by atoms with Crippen LogP contribution in [0.5, 0.6) is 0 Å². The van der Waals surface area contributed by atoms with Gasteiger partial charge in [-0.25, -0.2) is 4.79 Å². The molecule has 2 N–H and O–H groups in total. The number of anilines is 1. The molecule has 0 atom stereocenters. The molecule has 1 fully saturated rings. The summed E-state index contributed by atoms with van der Waals surface area (Å²) in [5.41, 5.74) is -0.118. The second-order valence-corrected chi connectivity index (χ2v) is 4.40. The summed E-state index contributed by atoms with van der Waals surface area (Å²) in [4.78, 5) is 24.3. The van der Waals surface area contributed by atoms with Crippen molar-refractivity contribution < 1.29 is 14.7 Å². The molecule has 1 aliphatic rings. The molecular formula is C12H16N4O3. The van der Waals surface area contributed by atoms with Crippen molar-refractivity contribution in [2.45, 2.75) is 19.3 Å². The highest BCUT2D eigenvalue weighted by molar-refractivity contribution is 5.85. The zero-order valence-electron chi connectivity index (χ0n) is 10.5. The van der Waals surface area contributed by atoms with E-state index in [1.54, 1.807) is 0 Å². The minimum atomic E-state index is -1.12. The Kier molecular flexibility index (Phi) is 4.27. The summed E-state index contributed by atoms with van der Waals surface area (Å²) in [7, 11) is 0. The number of hydrogen-bond donors (Lipinski definition) is 2. The molecule has 0 unspecified atom stereocenters. The molecule has 0 saturated carbocycles. The van der Waals surface area contributed by atoms with Crippen molar-refractivity contribution in [3.8, 4) is 0 Å². The molecule has 2 rings (SSSR count). The van der Waals surface area contributed by atoms with Gasteiger partial charge in [0.2, 0.25) is 5.91 Å². The smallest absolute Gasteiger partial charge is 0.356 e. The molecule has 0 aromatic carbocycles. The summed E-state index contributed by atoms with van der Waals surface area (Å²) in [5, 5.41) is 18.8. The Morgan fingerprint density at radius 3 is 2.53 bits per heavy atom. The maximum atomic E-state index is 11.9. The highest BCUT2D eigenvalue weighted by atomic mass is 16.4. The quantitative estimate of drug-likeness (QED) is 0.826. The normalized spacial score (nSPS) is 15.1. The van der Waals surface area contributed by atoms with E-state index in [-0.39, 0.29) is 18.1 Å². The van der Waals surface area contributed by atoms with E-state index >= 15 is 0 Å². The lowest BCUT2D eigenvalue weighted by atomic mass is 10.1.